The van der Waals surface area contributed by atoms with Crippen LogP contribution in [0.2, 0.25) is 0 Å². The summed E-state index contributed by atoms with van der Waals surface area (Å²) in [4.78, 5) is 6.23. The first-order valence-corrected chi connectivity index (χ1v) is 7.96. The molecule has 104 valence electrons. The topological polar surface area (TPSA) is 24.9 Å². The Labute approximate surface area is 116 Å². The van der Waals surface area contributed by atoms with Crippen molar-refractivity contribution in [1.82, 2.24) is 10.3 Å². The molecule has 1 aromatic rings. The maximum atomic E-state index is 4.85. The highest BCUT2D eigenvalue weighted by atomic mass is 32.1. The van der Waals surface area contributed by atoms with E-state index in [1.807, 2.05) is 11.3 Å². The van der Waals surface area contributed by atoms with Gasteiger partial charge in [0, 0.05) is 4.88 Å². The minimum atomic E-state index is 0.0435. The fraction of sp³-hybridized carbons (Fsp3) is 0.800. The molecular formula is C15H28N2S. The highest BCUT2D eigenvalue weighted by Gasteiger charge is 2.29. The Morgan fingerprint density at radius 3 is 2.44 bits per heavy atom. The summed E-state index contributed by atoms with van der Waals surface area (Å²) in [5, 5.41) is 4.91. The maximum Gasteiger partial charge on any atom is 0.113 e. The first-order chi connectivity index (χ1) is 8.42. The van der Waals surface area contributed by atoms with Gasteiger partial charge in [-0.05, 0) is 45.6 Å². The second-order valence-corrected chi connectivity index (χ2v) is 6.87. The van der Waals surface area contributed by atoms with Gasteiger partial charge < -0.3 is 5.32 Å². The molecule has 1 N–H and O–H groups in total. The number of nitrogens with zero attached hydrogens (tertiary/aromatic N) is 1. The Balaban J connectivity index is 2.94. The minimum absolute atomic E-state index is 0.0435. The van der Waals surface area contributed by atoms with Gasteiger partial charge in [-0.1, -0.05) is 27.7 Å². The normalized spacial score (nSPS) is 15.1. The lowest BCUT2D eigenvalue weighted by Gasteiger charge is -2.29. The molecule has 1 unspecified atom stereocenters. The lowest BCUT2D eigenvalue weighted by molar-refractivity contribution is 0.317. The molecule has 0 saturated heterocycles. The molecule has 0 bridgehead atoms. The summed E-state index contributed by atoms with van der Waals surface area (Å²) in [6.07, 6.45) is 3.44. The Bertz CT molecular complexity index is 371. The molecule has 1 heterocycles. The van der Waals surface area contributed by atoms with E-state index in [9.17, 15) is 0 Å². The molecule has 0 radical (unpaired) electrons. The van der Waals surface area contributed by atoms with Gasteiger partial charge in [0.25, 0.3) is 0 Å². The fourth-order valence-corrected chi connectivity index (χ4v) is 3.38. The van der Waals surface area contributed by atoms with Crippen LogP contribution in [-0.4, -0.2) is 11.5 Å². The average Bonchev–Trinajstić information content (AvgIpc) is 2.69. The second kappa shape index (κ2) is 6.67. The molecule has 2 nitrogen and oxygen atoms in total. The molecule has 1 aromatic heterocycles. The van der Waals surface area contributed by atoms with Gasteiger partial charge in [0.15, 0.2) is 0 Å². The standard InChI is InChI=1S/C15H28N2S/c1-7-13-12(5)18-14(17-13)15(6,16-8-2)10-9-11(3)4/h11,16H,7-10H2,1-6H3. The van der Waals surface area contributed by atoms with Gasteiger partial charge in [-0.2, -0.15) is 0 Å². The number of nitrogens with one attached hydrogen (secondary N) is 1. The van der Waals surface area contributed by atoms with Crippen LogP contribution >= 0.6 is 11.3 Å². The quantitative estimate of drug-likeness (QED) is 0.798. The van der Waals surface area contributed by atoms with Crippen LogP contribution in [0.5, 0.6) is 0 Å². The summed E-state index contributed by atoms with van der Waals surface area (Å²) in [6, 6.07) is 0. The average molecular weight is 268 g/mol. The summed E-state index contributed by atoms with van der Waals surface area (Å²) in [5.74, 6) is 0.745. The first-order valence-electron chi connectivity index (χ1n) is 7.14. The zero-order valence-electron chi connectivity index (χ0n) is 12.8. The van der Waals surface area contributed by atoms with Gasteiger partial charge in [0.1, 0.15) is 5.01 Å². The molecule has 18 heavy (non-hydrogen) atoms. The highest BCUT2D eigenvalue weighted by Crippen LogP contribution is 2.32. The zero-order valence-corrected chi connectivity index (χ0v) is 13.6. The van der Waals surface area contributed by atoms with E-state index in [2.05, 4.69) is 46.9 Å². The van der Waals surface area contributed by atoms with Crippen molar-refractivity contribution in [3.8, 4) is 0 Å². The molecular weight excluding hydrogens is 240 g/mol. The molecule has 0 aliphatic carbocycles. The van der Waals surface area contributed by atoms with Crippen LogP contribution < -0.4 is 5.32 Å². The smallest absolute Gasteiger partial charge is 0.113 e. The molecule has 0 spiro atoms. The lowest BCUT2D eigenvalue weighted by atomic mass is 9.92. The van der Waals surface area contributed by atoms with Crippen molar-refractivity contribution in [3.63, 3.8) is 0 Å². The van der Waals surface area contributed by atoms with Crippen LogP contribution in [0.1, 0.15) is 63.0 Å². The maximum absolute atomic E-state index is 4.85. The molecule has 1 rings (SSSR count). The van der Waals surface area contributed by atoms with E-state index in [1.54, 1.807) is 0 Å². The van der Waals surface area contributed by atoms with E-state index in [-0.39, 0.29) is 5.54 Å². The predicted octanol–water partition coefficient (Wildman–Crippen LogP) is 4.27. The number of aryl methyl sites for hydroxylation is 2. The zero-order chi connectivity index (χ0) is 13.8. The van der Waals surface area contributed by atoms with Crippen molar-refractivity contribution in [2.75, 3.05) is 6.54 Å². The number of thiazole rings is 1. The van der Waals surface area contributed by atoms with Gasteiger partial charge >= 0.3 is 0 Å². The van der Waals surface area contributed by atoms with E-state index in [4.69, 9.17) is 4.98 Å². The van der Waals surface area contributed by atoms with Gasteiger partial charge in [0.2, 0.25) is 0 Å². The van der Waals surface area contributed by atoms with Gasteiger partial charge in [-0.3, -0.25) is 0 Å². The third-order valence-electron chi connectivity index (χ3n) is 3.49. The van der Waals surface area contributed by atoms with E-state index < -0.39 is 0 Å². The molecule has 0 aliphatic rings. The van der Waals surface area contributed by atoms with Crippen molar-refractivity contribution < 1.29 is 0 Å². The monoisotopic (exact) mass is 268 g/mol. The Hall–Kier alpha value is -0.410. The molecule has 3 heteroatoms. The van der Waals surface area contributed by atoms with Gasteiger partial charge in [-0.25, -0.2) is 4.98 Å². The van der Waals surface area contributed by atoms with Crippen LogP contribution in [0.4, 0.5) is 0 Å². The largest absolute Gasteiger partial charge is 0.306 e. The number of hydrogen-bond donors (Lipinski definition) is 1. The summed E-state index contributed by atoms with van der Waals surface area (Å²) in [5.41, 5.74) is 1.31. The lowest BCUT2D eigenvalue weighted by Crippen LogP contribution is -2.39. The van der Waals surface area contributed by atoms with Crippen LogP contribution in [0.3, 0.4) is 0 Å². The van der Waals surface area contributed by atoms with E-state index in [0.717, 1.165) is 25.3 Å². The van der Waals surface area contributed by atoms with Crippen LogP contribution in [0.25, 0.3) is 0 Å². The van der Waals surface area contributed by atoms with Crippen molar-refractivity contribution in [2.24, 2.45) is 5.92 Å². The van der Waals surface area contributed by atoms with Crippen molar-refractivity contribution in [2.45, 2.75) is 66.3 Å². The highest BCUT2D eigenvalue weighted by molar-refractivity contribution is 7.11. The Kier molecular flexibility index (Phi) is 5.80. The van der Waals surface area contributed by atoms with Gasteiger partial charge in [-0.15, -0.1) is 11.3 Å². The number of hydrogen-bond acceptors (Lipinski definition) is 3. The molecule has 0 amide bonds. The molecule has 1 atom stereocenters. The Morgan fingerprint density at radius 2 is 2.00 bits per heavy atom. The molecule has 0 saturated carbocycles. The third kappa shape index (κ3) is 3.79. The van der Waals surface area contributed by atoms with Crippen molar-refractivity contribution in [3.05, 3.63) is 15.6 Å². The number of aromatic nitrogens is 1. The summed E-state index contributed by atoms with van der Waals surface area (Å²) >= 11 is 1.86. The van der Waals surface area contributed by atoms with Crippen LogP contribution in [0.15, 0.2) is 0 Å². The van der Waals surface area contributed by atoms with E-state index in [0.29, 0.717) is 0 Å². The van der Waals surface area contributed by atoms with Crippen molar-refractivity contribution in [1.29, 1.82) is 0 Å². The van der Waals surface area contributed by atoms with Gasteiger partial charge in [0.05, 0.1) is 11.2 Å². The third-order valence-corrected chi connectivity index (χ3v) is 4.77. The molecule has 0 fully saturated rings. The minimum Gasteiger partial charge on any atom is -0.306 e. The SMILES string of the molecule is CCNC(C)(CCC(C)C)c1nc(CC)c(C)s1. The van der Waals surface area contributed by atoms with Crippen molar-refractivity contribution >= 4 is 11.3 Å². The van der Waals surface area contributed by atoms with E-state index in [1.165, 1.54) is 22.0 Å². The molecule has 0 aromatic carbocycles. The van der Waals surface area contributed by atoms with Crippen LogP contribution in [-0.2, 0) is 12.0 Å². The first kappa shape index (κ1) is 15.6. The number of rotatable bonds is 7. The van der Waals surface area contributed by atoms with E-state index >= 15 is 0 Å². The predicted molar refractivity (Wildman–Crippen MR) is 81.3 cm³/mol. The summed E-state index contributed by atoms with van der Waals surface area (Å²) < 4.78 is 0. The summed E-state index contributed by atoms with van der Waals surface area (Å²) in [7, 11) is 0. The van der Waals surface area contributed by atoms with Crippen LogP contribution in [0, 0.1) is 12.8 Å². The summed E-state index contributed by atoms with van der Waals surface area (Å²) in [6.45, 7) is 14.4. The second-order valence-electron chi connectivity index (χ2n) is 5.67. The Morgan fingerprint density at radius 1 is 1.33 bits per heavy atom. The molecule has 0 aliphatic heterocycles. The fourth-order valence-electron chi connectivity index (χ4n) is 2.23.